The number of ether oxygens (including phenoxy) is 1. The minimum Gasteiger partial charge on any atom is -0.469 e. The Morgan fingerprint density at radius 3 is 3.18 bits per heavy atom. The van der Waals surface area contributed by atoms with Crippen LogP contribution < -0.4 is 11.0 Å². The number of hydrogen-bond acceptors (Lipinski definition) is 6. The molecule has 0 atom stereocenters. The third kappa shape index (κ3) is 2.41. The van der Waals surface area contributed by atoms with Crippen LogP contribution in [0.3, 0.4) is 0 Å². The van der Waals surface area contributed by atoms with Crippen LogP contribution in [-0.4, -0.2) is 39.4 Å². The highest BCUT2D eigenvalue weighted by Gasteiger charge is 2.03. The lowest BCUT2D eigenvalue weighted by molar-refractivity contribution is -0.140. The van der Waals surface area contributed by atoms with Gasteiger partial charge in [0.2, 0.25) is 0 Å². The number of aromatic amines is 1. The molecule has 0 fully saturated rings. The highest BCUT2D eigenvalue weighted by molar-refractivity contribution is 5.69. The van der Waals surface area contributed by atoms with E-state index in [-0.39, 0.29) is 12.4 Å². The van der Waals surface area contributed by atoms with Gasteiger partial charge in [0.25, 0.3) is 0 Å². The molecule has 0 saturated carbocycles. The van der Waals surface area contributed by atoms with E-state index < -0.39 is 5.69 Å². The Bertz CT molecular complexity index is 588. The zero-order valence-electron chi connectivity index (χ0n) is 9.14. The molecule has 0 saturated heterocycles. The maximum Gasteiger partial charge on any atom is 0.364 e. The number of nitrogens with one attached hydrogen (secondary N) is 2. The van der Waals surface area contributed by atoms with Gasteiger partial charge >= 0.3 is 11.7 Å². The molecule has 90 valence electrons. The monoisotopic (exact) mass is 237 g/mol. The van der Waals surface area contributed by atoms with Gasteiger partial charge in [-0.3, -0.25) is 4.79 Å². The SMILES string of the molecule is COC(=O)CCNc1ccc2n[nH]c(=O)n2n1. The summed E-state index contributed by atoms with van der Waals surface area (Å²) < 4.78 is 5.63. The summed E-state index contributed by atoms with van der Waals surface area (Å²) in [6.45, 7) is 0.387. The number of nitrogens with zero attached hydrogens (tertiary/aromatic N) is 3. The number of esters is 1. The molecule has 2 aromatic heterocycles. The highest BCUT2D eigenvalue weighted by Crippen LogP contribution is 2.02. The van der Waals surface area contributed by atoms with Gasteiger partial charge in [0, 0.05) is 6.54 Å². The first kappa shape index (κ1) is 11.1. The van der Waals surface area contributed by atoms with Crippen molar-refractivity contribution in [2.75, 3.05) is 19.0 Å². The van der Waals surface area contributed by atoms with Crippen molar-refractivity contribution >= 4 is 17.4 Å². The van der Waals surface area contributed by atoms with Gasteiger partial charge in [0.1, 0.15) is 5.82 Å². The summed E-state index contributed by atoms with van der Waals surface area (Å²) in [5.74, 6) is 0.184. The van der Waals surface area contributed by atoms with E-state index >= 15 is 0 Å². The molecular formula is C9H11N5O3. The summed E-state index contributed by atoms with van der Waals surface area (Å²) in [5.41, 5.74) is 0.0325. The normalized spacial score (nSPS) is 10.4. The van der Waals surface area contributed by atoms with E-state index in [1.807, 2.05) is 0 Å². The van der Waals surface area contributed by atoms with Crippen molar-refractivity contribution in [3.05, 3.63) is 22.6 Å². The molecule has 0 aliphatic carbocycles. The van der Waals surface area contributed by atoms with E-state index in [0.29, 0.717) is 18.0 Å². The Balaban J connectivity index is 2.06. The van der Waals surface area contributed by atoms with Crippen LogP contribution in [0.2, 0.25) is 0 Å². The summed E-state index contributed by atoms with van der Waals surface area (Å²) in [6.07, 6.45) is 0.233. The minimum atomic E-state index is -0.406. The molecule has 2 aromatic rings. The smallest absolute Gasteiger partial charge is 0.364 e. The first-order chi connectivity index (χ1) is 8.20. The number of carbonyl (C=O) groups excluding carboxylic acids is 1. The average Bonchev–Trinajstić information content (AvgIpc) is 2.71. The lowest BCUT2D eigenvalue weighted by Crippen LogP contribution is -2.15. The molecule has 0 aliphatic rings. The highest BCUT2D eigenvalue weighted by atomic mass is 16.5. The zero-order chi connectivity index (χ0) is 12.3. The minimum absolute atomic E-state index is 0.233. The van der Waals surface area contributed by atoms with E-state index in [2.05, 4.69) is 25.3 Å². The van der Waals surface area contributed by atoms with Crippen molar-refractivity contribution in [2.45, 2.75) is 6.42 Å². The fourth-order valence-corrected chi connectivity index (χ4v) is 1.29. The number of anilines is 1. The maximum atomic E-state index is 11.2. The number of carbonyl (C=O) groups is 1. The number of H-pyrrole nitrogens is 1. The van der Waals surface area contributed by atoms with Gasteiger partial charge in [-0.15, -0.1) is 5.10 Å². The molecule has 8 heteroatoms. The molecular weight excluding hydrogens is 226 g/mol. The average molecular weight is 237 g/mol. The van der Waals surface area contributed by atoms with Gasteiger partial charge in [-0.05, 0) is 12.1 Å². The first-order valence-electron chi connectivity index (χ1n) is 4.96. The molecule has 0 aromatic carbocycles. The summed E-state index contributed by atoms with van der Waals surface area (Å²) in [7, 11) is 1.33. The third-order valence-electron chi connectivity index (χ3n) is 2.14. The van der Waals surface area contributed by atoms with Crippen LogP contribution in [0.15, 0.2) is 16.9 Å². The second-order valence-corrected chi connectivity index (χ2v) is 3.27. The second kappa shape index (κ2) is 4.64. The zero-order valence-corrected chi connectivity index (χ0v) is 9.14. The van der Waals surface area contributed by atoms with E-state index in [1.165, 1.54) is 7.11 Å². The van der Waals surface area contributed by atoms with Crippen molar-refractivity contribution in [1.82, 2.24) is 19.8 Å². The predicted molar refractivity (Wildman–Crippen MR) is 58.7 cm³/mol. The Hall–Kier alpha value is -2.38. The molecule has 2 rings (SSSR count). The lowest BCUT2D eigenvalue weighted by atomic mass is 10.4. The van der Waals surface area contributed by atoms with E-state index in [9.17, 15) is 9.59 Å². The second-order valence-electron chi connectivity index (χ2n) is 3.27. The molecule has 0 amide bonds. The van der Waals surface area contributed by atoms with Crippen molar-refractivity contribution in [1.29, 1.82) is 0 Å². The van der Waals surface area contributed by atoms with Crippen LogP contribution in [0, 0.1) is 0 Å². The van der Waals surface area contributed by atoms with Crippen molar-refractivity contribution in [3.8, 4) is 0 Å². The molecule has 0 spiro atoms. The quantitative estimate of drug-likeness (QED) is 0.688. The van der Waals surface area contributed by atoms with Crippen LogP contribution in [0.25, 0.3) is 5.65 Å². The molecule has 0 radical (unpaired) electrons. The summed E-state index contributed by atoms with van der Waals surface area (Å²) >= 11 is 0. The fraction of sp³-hybridized carbons (Fsp3) is 0.333. The van der Waals surface area contributed by atoms with Gasteiger partial charge in [-0.2, -0.15) is 9.61 Å². The Morgan fingerprint density at radius 1 is 1.59 bits per heavy atom. The number of hydrogen-bond donors (Lipinski definition) is 2. The largest absolute Gasteiger partial charge is 0.469 e. The van der Waals surface area contributed by atoms with Crippen LogP contribution in [0.1, 0.15) is 6.42 Å². The summed E-state index contributed by atoms with van der Waals surface area (Å²) in [4.78, 5) is 22.1. The van der Waals surface area contributed by atoms with Gasteiger partial charge in [-0.1, -0.05) is 0 Å². The van der Waals surface area contributed by atoms with Gasteiger partial charge in [-0.25, -0.2) is 9.89 Å². The number of rotatable bonds is 4. The molecule has 2 heterocycles. The third-order valence-corrected chi connectivity index (χ3v) is 2.14. The molecule has 0 bridgehead atoms. The number of aromatic nitrogens is 4. The first-order valence-corrected chi connectivity index (χ1v) is 4.96. The van der Waals surface area contributed by atoms with Gasteiger partial charge < -0.3 is 10.1 Å². The van der Waals surface area contributed by atoms with E-state index in [4.69, 9.17) is 0 Å². The van der Waals surface area contributed by atoms with Crippen LogP contribution >= 0.6 is 0 Å². The molecule has 0 aliphatic heterocycles. The standard InChI is InChI=1S/C9H11N5O3/c1-17-8(15)4-5-10-6-2-3-7-11-12-9(16)14(7)13-6/h2-3H,4-5H2,1H3,(H,10,13)(H,12,16). The van der Waals surface area contributed by atoms with Crippen LogP contribution in [-0.2, 0) is 9.53 Å². The Kier molecular flexibility index (Phi) is 3.03. The van der Waals surface area contributed by atoms with Crippen LogP contribution in [0.4, 0.5) is 5.82 Å². The van der Waals surface area contributed by atoms with Gasteiger partial charge in [0.05, 0.1) is 13.5 Å². The topological polar surface area (TPSA) is 101 Å². The molecule has 0 unspecified atom stereocenters. The molecule has 2 N–H and O–H groups in total. The van der Waals surface area contributed by atoms with Gasteiger partial charge in [0.15, 0.2) is 5.65 Å². The summed E-state index contributed by atoms with van der Waals surface area (Å²) in [6, 6.07) is 3.32. The Labute approximate surface area is 95.6 Å². The summed E-state index contributed by atoms with van der Waals surface area (Å²) in [5, 5.41) is 12.9. The van der Waals surface area contributed by atoms with E-state index in [0.717, 1.165) is 4.52 Å². The molecule has 17 heavy (non-hydrogen) atoms. The van der Waals surface area contributed by atoms with Crippen molar-refractivity contribution in [2.24, 2.45) is 0 Å². The van der Waals surface area contributed by atoms with Crippen LogP contribution in [0.5, 0.6) is 0 Å². The predicted octanol–water partition coefficient (Wildman–Crippen LogP) is -0.607. The van der Waals surface area contributed by atoms with Crippen molar-refractivity contribution in [3.63, 3.8) is 0 Å². The molecule has 8 nitrogen and oxygen atoms in total. The van der Waals surface area contributed by atoms with Crippen molar-refractivity contribution < 1.29 is 9.53 Å². The van der Waals surface area contributed by atoms with E-state index in [1.54, 1.807) is 12.1 Å². The Morgan fingerprint density at radius 2 is 2.41 bits per heavy atom. The fourth-order valence-electron chi connectivity index (χ4n) is 1.29. The number of fused-ring (bicyclic) bond motifs is 1. The maximum absolute atomic E-state index is 11.2. The lowest BCUT2D eigenvalue weighted by Gasteiger charge is -2.03. The number of methoxy groups -OCH3 is 1.